The molecular formula is C23H26N2O4S. The molecule has 7 heteroatoms. The van der Waals surface area contributed by atoms with Gasteiger partial charge in [-0.05, 0) is 37.3 Å². The molecule has 0 saturated heterocycles. The molecule has 0 spiro atoms. The molecule has 0 N–H and O–H groups in total. The number of methoxy groups -OCH3 is 2. The van der Waals surface area contributed by atoms with Gasteiger partial charge in [-0.2, -0.15) is 0 Å². The highest BCUT2D eigenvalue weighted by molar-refractivity contribution is 7.13. The summed E-state index contributed by atoms with van der Waals surface area (Å²) in [4.78, 5) is 18.8. The number of carbonyl (C=O) groups is 1. The highest BCUT2D eigenvalue weighted by Gasteiger charge is 2.14. The second-order valence-electron chi connectivity index (χ2n) is 6.87. The van der Waals surface area contributed by atoms with E-state index in [0.717, 1.165) is 22.0 Å². The molecule has 0 atom stereocenters. The number of aryl methyl sites for hydroxylation is 1. The van der Waals surface area contributed by atoms with Gasteiger partial charge in [0, 0.05) is 18.0 Å². The molecule has 30 heavy (non-hydrogen) atoms. The Bertz CT molecular complexity index is 985. The summed E-state index contributed by atoms with van der Waals surface area (Å²) in [7, 11) is 4.99. The molecule has 0 bridgehead atoms. The average molecular weight is 427 g/mol. The van der Waals surface area contributed by atoms with Crippen LogP contribution in [0.3, 0.4) is 0 Å². The fourth-order valence-corrected chi connectivity index (χ4v) is 3.66. The number of carbonyl (C=O) groups excluding carboxylic acids is 1. The van der Waals surface area contributed by atoms with Gasteiger partial charge in [0.25, 0.3) is 0 Å². The van der Waals surface area contributed by atoms with Gasteiger partial charge in [-0.3, -0.25) is 4.79 Å². The lowest BCUT2D eigenvalue weighted by atomic mass is 10.2. The van der Waals surface area contributed by atoms with E-state index in [2.05, 4.69) is 4.98 Å². The van der Waals surface area contributed by atoms with Crippen LogP contribution in [0, 0.1) is 6.92 Å². The van der Waals surface area contributed by atoms with E-state index in [9.17, 15) is 4.79 Å². The molecule has 0 aliphatic heterocycles. The van der Waals surface area contributed by atoms with Crippen molar-refractivity contribution >= 4 is 17.2 Å². The Labute approximate surface area is 181 Å². The van der Waals surface area contributed by atoms with E-state index < -0.39 is 0 Å². The Balaban J connectivity index is 1.54. The van der Waals surface area contributed by atoms with Crippen LogP contribution in [0.4, 0.5) is 0 Å². The van der Waals surface area contributed by atoms with E-state index >= 15 is 0 Å². The van der Waals surface area contributed by atoms with Crippen LogP contribution in [0.15, 0.2) is 47.8 Å². The molecule has 158 valence electrons. The van der Waals surface area contributed by atoms with Crippen molar-refractivity contribution in [3.05, 3.63) is 59.1 Å². The SMILES string of the molecule is COc1ccc(-c2nc(CC(=O)N(C)CCOc3ccc(C)cc3)cs2)cc1OC. The largest absolute Gasteiger partial charge is 0.493 e. The quantitative estimate of drug-likeness (QED) is 0.513. The maximum absolute atomic E-state index is 12.5. The summed E-state index contributed by atoms with van der Waals surface area (Å²) < 4.78 is 16.3. The highest BCUT2D eigenvalue weighted by Crippen LogP contribution is 2.33. The number of rotatable bonds is 9. The van der Waals surface area contributed by atoms with Crippen molar-refractivity contribution in [1.29, 1.82) is 0 Å². The van der Waals surface area contributed by atoms with Crippen molar-refractivity contribution in [2.24, 2.45) is 0 Å². The molecule has 0 fully saturated rings. The molecule has 3 aromatic rings. The third kappa shape index (κ3) is 5.51. The molecule has 2 aromatic carbocycles. The van der Waals surface area contributed by atoms with E-state index in [1.165, 1.54) is 16.9 Å². The summed E-state index contributed by atoms with van der Waals surface area (Å²) in [5.74, 6) is 2.13. The van der Waals surface area contributed by atoms with Gasteiger partial charge in [-0.25, -0.2) is 4.98 Å². The molecule has 0 saturated carbocycles. The van der Waals surface area contributed by atoms with Crippen LogP contribution in [0.5, 0.6) is 17.2 Å². The van der Waals surface area contributed by atoms with Crippen LogP contribution in [0.1, 0.15) is 11.3 Å². The van der Waals surface area contributed by atoms with Crippen LogP contribution in [-0.2, 0) is 11.2 Å². The number of hydrogen-bond acceptors (Lipinski definition) is 6. The molecule has 3 rings (SSSR count). The van der Waals surface area contributed by atoms with Crippen molar-refractivity contribution in [2.45, 2.75) is 13.3 Å². The minimum Gasteiger partial charge on any atom is -0.493 e. The van der Waals surface area contributed by atoms with Crippen LogP contribution in [-0.4, -0.2) is 50.2 Å². The van der Waals surface area contributed by atoms with E-state index in [1.54, 1.807) is 26.2 Å². The second kappa shape index (κ2) is 10.1. The maximum atomic E-state index is 12.5. The smallest absolute Gasteiger partial charge is 0.228 e. The molecule has 1 amide bonds. The predicted octanol–water partition coefficient (Wildman–Crippen LogP) is 4.22. The first-order chi connectivity index (χ1) is 14.5. The molecule has 6 nitrogen and oxygen atoms in total. The molecule has 0 aliphatic rings. The Morgan fingerprint density at radius 1 is 1.07 bits per heavy atom. The predicted molar refractivity (Wildman–Crippen MR) is 119 cm³/mol. The standard InChI is InChI=1S/C23H26N2O4S/c1-16-5-8-19(9-6-16)29-12-11-25(2)22(26)14-18-15-30-23(24-18)17-7-10-20(27-3)21(13-17)28-4/h5-10,13,15H,11-12,14H2,1-4H3. The first-order valence-corrected chi connectivity index (χ1v) is 10.5. The Kier molecular flexibility index (Phi) is 7.30. The normalized spacial score (nSPS) is 10.5. The Morgan fingerprint density at radius 2 is 1.80 bits per heavy atom. The summed E-state index contributed by atoms with van der Waals surface area (Å²) in [6.07, 6.45) is 0.255. The number of ether oxygens (including phenoxy) is 3. The lowest BCUT2D eigenvalue weighted by Gasteiger charge is -2.17. The van der Waals surface area contributed by atoms with Gasteiger partial charge in [0.2, 0.25) is 5.91 Å². The van der Waals surface area contributed by atoms with Crippen LogP contribution in [0.2, 0.25) is 0 Å². The summed E-state index contributed by atoms with van der Waals surface area (Å²) in [5.41, 5.74) is 2.86. The topological polar surface area (TPSA) is 60.9 Å². The minimum atomic E-state index is 0.00617. The molecule has 0 aliphatic carbocycles. The van der Waals surface area contributed by atoms with Crippen molar-refractivity contribution in [1.82, 2.24) is 9.88 Å². The van der Waals surface area contributed by atoms with Crippen molar-refractivity contribution in [2.75, 3.05) is 34.4 Å². The number of benzene rings is 2. The maximum Gasteiger partial charge on any atom is 0.228 e. The second-order valence-corrected chi connectivity index (χ2v) is 7.73. The monoisotopic (exact) mass is 426 g/mol. The number of likely N-dealkylation sites (N-methyl/N-ethyl adjacent to an activating group) is 1. The number of amides is 1. The highest BCUT2D eigenvalue weighted by atomic mass is 32.1. The van der Waals surface area contributed by atoms with Crippen molar-refractivity contribution in [3.63, 3.8) is 0 Å². The Hall–Kier alpha value is -3.06. The molecular weight excluding hydrogens is 400 g/mol. The van der Waals surface area contributed by atoms with E-state index in [4.69, 9.17) is 14.2 Å². The number of aromatic nitrogens is 1. The van der Waals surface area contributed by atoms with Gasteiger partial charge in [0.1, 0.15) is 17.4 Å². The number of nitrogens with zero attached hydrogens (tertiary/aromatic N) is 2. The lowest BCUT2D eigenvalue weighted by Crippen LogP contribution is -2.32. The molecule has 0 unspecified atom stereocenters. The van der Waals surface area contributed by atoms with Gasteiger partial charge in [-0.1, -0.05) is 17.7 Å². The van der Waals surface area contributed by atoms with Gasteiger partial charge in [0.05, 0.1) is 32.9 Å². The minimum absolute atomic E-state index is 0.00617. The first-order valence-electron chi connectivity index (χ1n) is 9.60. The number of thiazole rings is 1. The summed E-state index contributed by atoms with van der Waals surface area (Å²) in [5, 5.41) is 2.75. The van der Waals surface area contributed by atoms with Gasteiger partial charge in [-0.15, -0.1) is 11.3 Å². The zero-order valence-corrected chi connectivity index (χ0v) is 18.5. The average Bonchev–Trinajstić information content (AvgIpc) is 3.22. The summed E-state index contributed by atoms with van der Waals surface area (Å²) in [6.45, 7) is 2.99. The molecule has 0 radical (unpaired) electrons. The van der Waals surface area contributed by atoms with Crippen LogP contribution in [0.25, 0.3) is 10.6 Å². The van der Waals surface area contributed by atoms with Crippen molar-refractivity contribution < 1.29 is 19.0 Å². The number of hydrogen-bond donors (Lipinski definition) is 0. The van der Waals surface area contributed by atoms with E-state index in [1.807, 2.05) is 54.8 Å². The zero-order valence-electron chi connectivity index (χ0n) is 17.7. The van der Waals surface area contributed by atoms with Crippen LogP contribution >= 0.6 is 11.3 Å². The fourth-order valence-electron chi connectivity index (χ4n) is 2.84. The third-order valence-corrected chi connectivity index (χ3v) is 5.60. The van der Waals surface area contributed by atoms with Gasteiger partial charge >= 0.3 is 0 Å². The van der Waals surface area contributed by atoms with E-state index in [0.29, 0.717) is 24.7 Å². The Morgan fingerprint density at radius 3 is 2.50 bits per heavy atom. The van der Waals surface area contributed by atoms with Crippen molar-refractivity contribution in [3.8, 4) is 27.8 Å². The zero-order chi connectivity index (χ0) is 21.5. The lowest BCUT2D eigenvalue weighted by molar-refractivity contribution is -0.129. The van der Waals surface area contributed by atoms with E-state index in [-0.39, 0.29) is 12.3 Å². The molecule has 1 heterocycles. The van der Waals surface area contributed by atoms with Gasteiger partial charge < -0.3 is 19.1 Å². The summed E-state index contributed by atoms with van der Waals surface area (Å²) >= 11 is 1.50. The van der Waals surface area contributed by atoms with Crippen LogP contribution < -0.4 is 14.2 Å². The fraction of sp³-hybridized carbons (Fsp3) is 0.304. The third-order valence-electron chi connectivity index (χ3n) is 4.66. The first kappa shape index (κ1) is 21.6. The summed E-state index contributed by atoms with van der Waals surface area (Å²) in [6, 6.07) is 13.5. The molecule has 1 aromatic heterocycles. The van der Waals surface area contributed by atoms with Gasteiger partial charge in [0.15, 0.2) is 11.5 Å².